The third-order valence-corrected chi connectivity index (χ3v) is 5.63. The van der Waals surface area contributed by atoms with Crippen molar-refractivity contribution in [3.8, 4) is 0 Å². The summed E-state index contributed by atoms with van der Waals surface area (Å²) in [6, 6.07) is 18.2. The van der Waals surface area contributed by atoms with Gasteiger partial charge >= 0.3 is 6.01 Å². The first-order valence-corrected chi connectivity index (χ1v) is 10.7. The Bertz CT molecular complexity index is 1200. The minimum absolute atomic E-state index is 0.0322. The molecule has 0 atom stereocenters. The van der Waals surface area contributed by atoms with Gasteiger partial charge in [0.15, 0.2) is 5.58 Å². The number of aromatic nitrogens is 3. The molecule has 3 heterocycles. The number of nitrogens with one attached hydrogen (secondary N) is 1. The van der Waals surface area contributed by atoms with Crippen LogP contribution in [0.4, 0.5) is 12.0 Å². The van der Waals surface area contributed by atoms with Gasteiger partial charge in [0.1, 0.15) is 5.52 Å². The summed E-state index contributed by atoms with van der Waals surface area (Å²) in [5.41, 5.74) is 3.87. The smallest absolute Gasteiger partial charge is 0.302 e. The van der Waals surface area contributed by atoms with Crippen LogP contribution in [0.15, 0.2) is 65.2 Å². The monoisotopic (exact) mass is 428 g/mol. The lowest BCUT2D eigenvalue weighted by Gasteiger charge is -2.34. The zero-order valence-electron chi connectivity index (χ0n) is 17.9. The minimum Gasteiger partial charge on any atom is -0.423 e. The number of hydrogen-bond acceptors (Lipinski definition) is 7. The van der Waals surface area contributed by atoms with Gasteiger partial charge in [0.2, 0.25) is 5.95 Å². The molecule has 0 spiro atoms. The number of hydrogen-bond donors (Lipinski definition) is 1. The van der Waals surface area contributed by atoms with Crippen LogP contribution in [0.1, 0.15) is 21.6 Å². The molecule has 0 aliphatic carbocycles. The molecule has 0 saturated carbocycles. The summed E-state index contributed by atoms with van der Waals surface area (Å²) in [5, 5.41) is 2.98. The van der Waals surface area contributed by atoms with Gasteiger partial charge in [-0.2, -0.15) is 4.98 Å². The molecule has 5 rings (SSSR count). The maximum atomic E-state index is 13.0. The van der Waals surface area contributed by atoms with Crippen LogP contribution in [0.3, 0.4) is 0 Å². The SMILES string of the molecule is Cc1nc(Nc2nc3ccccc3o2)ncc1C(=O)N1CCN(Cc2ccccc2)CC1. The van der Waals surface area contributed by atoms with Crippen molar-refractivity contribution in [3.05, 3.63) is 77.6 Å². The summed E-state index contributed by atoms with van der Waals surface area (Å²) in [6.07, 6.45) is 1.58. The van der Waals surface area contributed by atoms with Gasteiger partial charge in [-0.1, -0.05) is 42.5 Å². The van der Waals surface area contributed by atoms with Gasteiger partial charge in [-0.15, -0.1) is 0 Å². The number of aryl methyl sites for hydroxylation is 1. The quantitative estimate of drug-likeness (QED) is 0.519. The molecule has 4 aromatic rings. The molecule has 0 radical (unpaired) electrons. The van der Waals surface area contributed by atoms with Crippen LogP contribution in [0, 0.1) is 6.92 Å². The van der Waals surface area contributed by atoms with Crippen LogP contribution in [-0.2, 0) is 6.54 Å². The van der Waals surface area contributed by atoms with Gasteiger partial charge in [-0.25, -0.2) is 9.97 Å². The number of piperazine rings is 1. The van der Waals surface area contributed by atoms with Gasteiger partial charge in [0.25, 0.3) is 5.91 Å². The van der Waals surface area contributed by atoms with Crippen molar-refractivity contribution >= 4 is 29.0 Å². The molecule has 32 heavy (non-hydrogen) atoms. The Morgan fingerprint density at radius 3 is 2.50 bits per heavy atom. The molecule has 1 fully saturated rings. The van der Waals surface area contributed by atoms with Crippen LogP contribution < -0.4 is 5.32 Å². The summed E-state index contributed by atoms with van der Waals surface area (Å²) in [5.74, 6) is 0.313. The van der Waals surface area contributed by atoms with Crippen molar-refractivity contribution in [2.45, 2.75) is 13.5 Å². The van der Waals surface area contributed by atoms with E-state index in [1.165, 1.54) is 5.56 Å². The number of para-hydroxylation sites is 2. The molecule has 1 amide bonds. The highest BCUT2D eigenvalue weighted by Crippen LogP contribution is 2.21. The molecule has 8 heteroatoms. The molecule has 1 aliphatic rings. The summed E-state index contributed by atoms with van der Waals surface area (Å²) in [7, 11) is 0. The second-order valence-corrected chi connectivity index (χ2v) is 7.86. The Morgan fingerprint density at radius 1 is 1.00 bits per heavy atom. The predicted molar refractivity (Wildman–Crippen MR) is 122 cm³/mol. The fourth-order valence-electron chi connectivity index (χ4n) is 3.88. The van der Waals surface area contributed by atoms with Gasteiger partial charge in [-0.05, 0) is 24.6 Å². The maximum absolute atomic E-state index is 13.0. The number of carbonyl (C=O) groups excluding carboxylic acids is 1. The van der Waals surface area contributed by atoms with E-state index in [1.54, 1.807) is 6.20 Å². The lowest BCUT2D eigenvalue weighted by atomic mass is 10.1. The van der Waals surface area contributed by atoms with Crippen molar-refractivity contribution in [1.82, 2.24) is 24.8 Å². The standard InChI is InChI=1S/C24H24N6O2/c1-17-19(15-25-23(26-17)28-24-27-20-9-5-6-10-21(20)32-24)22(31)30-13-11-29(12-14-30)16-18-7-3-2-4-8-18/h2-10,15H,11-14,16H2,1H3,(H,25,26,27,28). The first kappa shape index (κ1) is 20.1. The lowest BCUT2D eigenvalue weighted by molar-refractivity contribution is 0.0627. The third kappa shape index (κ3) is 4.31. The van der Waals surface area contributed by atoms with Crippen molar-refractivity contribution in [2.24, 2.45) is 0 Å². The molecular weight excluding hydrogens is 404 g/mol. The van der Waals surface area contributed by atoms with Gasteiger partial charge in [0.05, 0.1) is 11.3 Å². The van der Waals surface area contributed by atoms with Crippen LogP contribution in [0.25, 0.3) is 11.1 Å². The van der Waals surface area contributed by atoms with E-state index in [0.717, 1.165) is 25.2 Å². The molecule has 162 valence electrons. The Labute approximate surface area is 185 Å². The van der Waals surface area contributed by atoms with E-state index in [4.69, 9.17) is 4.42 Å². The number of fused-ring (bicyclic) bond motifs is 1. The maximum Gasteiger partial charge on any atom is 0.302 e. The lowest BCUT2D eigenvalue weighted by Crippen LogP contribution is -2.48. The minimum atomic E-state index is -0.0322. The van der Waals surface area contributed by atoms with Crippen molar-refractivity contribution in [1.29, 1.82) is 0 Å². The first-order chi connectivity index (χ1) is 15.7. The Balaban J connectivity index is 1.21. The number of anilines is 2. The molecule has 1 N–H and O–H groups in total. The number of benzene rings is 2. The van der Waals surface area contributed by atoms with E-state index in [-0.39, 0.29) is 5.91 Å². The fourth-order valence-corrected chi connectivity index (χ4v) is 3.88. The zero-order valence-corrected chi connectivity index (χ0v) is 17.9. The second kappa shape index (κ2) is 8.76. The van der Waals surface area contributed by atoms with E-state index in [0.29, 0.717) is 41.9 Å². The average Bonchev–Trinajstić information content (AvgIpc) is 3.22. The van der Waals surface area contributed by atoms with E-state index in [1.807, 2.05) is 42.2 Å². The average molecular weight is 428 g/mol. The normalized spacial score (nSPS) is 14.6. The first-order valence-electron chi connectivity index (χ1n) is 10.7. The van der Waals surface area contributed by atoms with Crippen molar-refractivity contribution in [3.63, 3.8) is 0 Å². The van der Waals surface area contributed by atoms with Gasteiger partial charge in [-0.3, -0.25) is 15.0 Å². The molecule has 2 aromatic heterocycles. The van der Waals surface area contributed by atoms with Crippen LogP contribution in [0.5, 0.6) is 0 Å². The predicted octanol–water partition coefficient (Wildman–Crippen LogP) is 3.63. The highest BCUT2D eigenvalue weighted by molar-refractivity contribution is 5.95. The molecule has 2 aromatic carbocycles. The zero-order chi connectivity index (χ0) is 21.9. The summed E-state index contributed by atoms with van der Waals surface area (Å²) in [6.45, 7) is 5.79. The number of nitrogens with zero attached hydrogens (tertiary/aromatic N) is 5. The summed E-state index contributed by atoms with van der Waals surface area (Å²) in [4.78, 5) is 30.4. The second-order valence-electron chi connectivity index (χ2n) is 7.86. The Morgan fingerprint density at radius 2 is 1.75 bits per heavy atom. The molecule has 0 bridgehead atoms. The Hall–Kier alpha value is -3.78. The van der Waals surface area contributed by atoms with Crippen molar-refractivity contribution < 1.29 is 9.21 Å². The van der Waals surface area contributed by atoms with Crippen molar-refractivity contribution in [2.75, 3.05) is 31.5 Å². The molecule has 0 unspecified atom stereocenters. The number of carbonyl (C=O) groups is 1. The molecule has 1 aliphatic heterocycles. The van der Waals surface area contributed by atoms with Crippen LogP contribution >= 0.6 is 0 Å². The highest BCUT2D eigenvalue weighted by atomic mass is 16.4. The molecule has 1 saturated heterocycles. The summed E-state index contributed by atoms with van der Waals surface area (Å²) >= 11 is 0. The topological polar surface area (TPSA) is 87.4 Å². The van der Waals surface area contributed by atoms with E-state index < -0.39 is 0 Å². The number of rotatable bonds is 5. The van der Waals surface area contributed by atoms with Gasteiger partial charge < -0.3 is 9.32 Å². The number of amides is 1. The fraction of sp³-hybridized carbons (Fsp3) is 0.250. The van der Waals surface area contributed by atoms with E-state index in [9.17, 15) is 4.79 Å². The van der Waals surface area contributed by atoms with E-state index >= 15 is 0 Å². The van der Waals surface area contributed by atoms with Crippen LogP contribution in [-0.4, -0.2) is 56.8 Å². The van der Waals surface area contributed by atoms with Crippen LogP contribution in [0.2, 0.25) is 0 Å². The third-order valence-electron chi connectivity index (χ3n) is 5.63. The Kier molecular flexibility index (Phi) is 5.51. The van der Waals surface area contributed by atoms with Gasteiger partial charge in [0, 0.05) is 38.9 Å². The largest absolute Gasteiger partial charge is 0.423 e. The van der Waals surface area contributed by atoms with E-state index in [2.05, 4.69) is 49.4 Å². The number of oxazole rings is 1. The summed E-state index contributed by atoms with van der Waals surface area (Å²) < 4.78 is 5.66. The molecular formula is C24H24N6O2. The highest BCUT2D eigenvalue weighted by Gasteiger charge is 2.24. The molecule has 8 nitrogen and oxygen atoms in total.